The maximum Gasteiger partial charge on any atom is 0.161 e. The van der Waals surface area contributed by atoms with Gasteiger partial charge >= 0.3 is 0 Å². The van der Waals surface area contributed by atoms with Crippen molar-refractivity contribution >= 4 is 12.4 Å². The first-order chi connectivity index (χ1) is 10.7. The summed E-state index contributed by atoms with van der Waals surface area (Å²) in [6.45, 7) is 3.69. The second kappa shape index (κ2) is 10.7. The Morgan fingerprint density at radius 3 is 2.43 bits per heavy atom. The summed E-state index contributed by atoms with van der Waals surface area (Å²) in [5, 5.41) is 10.1. The maximum atomic E-state index is 10.1. The lowest BCUT2D eigenvalue weighted by atomic mass is 10.1. The van der Waals surface area contributed by atoms with E-state index in [2.05, 4.69) is 4.90 Å². The molecule has 1 fully saturated rings. The zero-order chi connectivity index (χ0) is 15.8. The van der Waals surface area contributed by atoms with Gasteiger partial charge in [-0.15, -0.1) is 12.4 Å². The molecule has 0 aromatic heterocycles. The van der Waals surface area contributed by atoms with Crippen LogP contribution in [0.1, 0.15) is 24.8 Å². The molecule has 1 atom stereocenters. The van der Waals surface area contributed by atoms with Gasteiger partial charge in [0, 0.05) is 6.54 Å². The Morgan fingerprint density at radius 2 is 1.78 bits per heavy atom. The summed E-state index contributed by atoms with van der Waals surface area (Å²) in [6.07, 6.45) is 3.35. The van der Waals surface area contributed by atoms with Crippen molar-refractivity contribution in [3.63, 3.8) is 0 Å². The topological polar surface area (TPSA) is 51.2 Å². The molecule has 1 aromatic carbocycles. The predicted octanol–water partition coefficient (Wildman–Crippen LogP) is 2.49. The third-order valence-electron chi connectivity index (χ3n) is 3.94. The number of piperidine rings is 1. The van der Waals surface area contributed by atoms with Crippen molar-refractivity contribution in [3.05, 3.63) is 23.8 Å². The van der Waals surface area contributed by atoms with E-state index in [1.54, 1.807) is 14.2 Å². The zero-order valence-corrected chi connectivity index (χ0v) is 14.8. The molecular formula is C17H28ClNO4. The van der Waals surface area contributed by atoms with Crippen LogP contribution in [-0.4, -0.2) is 56.6 Å². The minimum Gasteiger partial charge on any atom is -0.493 e. The van der Waals surface area contributed by atoms with Crippen LogP contribution in [0, 0.1) is 0 Å². The van der Waals surface area contributed by atoms with Crippen LogP contribution in [0.5, 0.6) is 11.5 Å². The van der Waals surface area contributed by atoms with Gasteiger partial charge in [-0.2, -0.15) is 0 Å². The van der Waals surface area contributed by atoms with Crippen LogP contribution in [0.25, 0.3) is 0 Å². The van der Waals surface area contributed by atoms with Crippen LogP contribution >= 0.6 is 12.4 Å². The Labute approximate surface area is 144 Å². The van der Waals surface area contributed by atoms with Crippen molar-refractivity contribution < 1.29 is 19.3 Å². The molecule has 1 aromatic rings. The second-order valence-corrected chi connectivity index (χ2v) is 5.72. The van der Waals surface area contributed by atoms with E-state index in [0.29, 0.717) is 31.3 Å². The molecule has 1 aliphatic rings. The molecule has 0 saturated carbocycles. The quantitative estimate of drug-likeness (QED) is 0.784. The Morgan fingerprint density at radius 1 is 1.09 bits per heavy atom. The fourth-order valence-corrected chi connectivity index (χ4v) is 2.78. The lowest BCUT2D eigenvalue weighted by Gasteiger charge is -2.28. The molecule has 1 saturated heterocycles. The van der Waals surface area contributed by atoms with Gasteiger partial charge in [-0.1, -0.05) is 12.5 Å². The van der Waals surface area contributed by atoms with E-state index in [4.69, 9.17) is 14.2 Å². The smallest absolute Gasteiger partial charge is 0.161 e. The summed E-state index contributed by atoms with van der Waals surface area (Å²) in [5.41, 5.74) is 1.00. The number of aliphatic hydroxyl groups is 1. The summed E-state index contributed by atoms with van der Waals surface area (Å²) in [5.74, 6) is 1.40. The Bertz CT molecular complexity index is 452. The fraction of sp³-hybridized carbons (Fsp3) is 0.647. The van der Waals surface area contributed by atoms with Gasteiger partial charge in [0.2, 0.25) is 0 Å². The third-order valence-corrected chi connectivity index (χ3v) is 3.94. The van der Waals surface area contributed by atoms with Gasteiger partial charge in [-0.25, -0.2) is 0 Å². The van der Waals surface area contributed by atoms with Crippen molar-refractivity contribution in [2.24, 2.45) is 0 Å². The molecule has 2 rings (SSSR count). The molecular weight excluding hydrogens is 318 g/mol. The summed E-state index contributed by atoms with van der Waals surface area (Å²) in [4.78, 5) is 2.31. The maximum absolute atomic E-state index is 10.1. The number of hydrogen-bond donors (Lipinski definition) is 1. The van der Waals surface area contributed by atoms with E-state index in [9.17, 15) is 5.11 Å². The largest absolute Gasteiger partial charge is 0.493 e. The van der Waals surface area contributed by atoms with E-state index in [0.717, 1.165) is 18.7 Å². The van der Waals surface area contributed by atoms with E-state index in [-0.39, 0.29) is 12.4 Å². The first-order valence-corrected chi connectivity index (χ1v) is 7.92. The van der Waals surface area contributed by atoms with Crippen molar-refractivity contribution in [2.75, 3.05) is 40.5 Å². The second-order valence-electron chi connectivity index (χ2n) is 5.72. The molecule has 23 heavy (non-hydrogen) atoms. The molecule has 0 amide bonds. The van der Waals surface area contributed by atoms with Crippen molar-refractivity contribution in [3.8, 4) is 11.5 Å². The van der Waals surface area contributed by atoms with Crippen LogP contribution in [0.15, 0.2) is 18.2 Å². The highest BCUT2D eigenvalue weighted by Gasteiger charge is 2.14. The number of likely N-dealkylation sites (tertiary alicyclic amines) is 1. The van der Waals surface area contributed by atoms with Crippen molar-refractivity contribution in [1.29, 1.82) is 0 Å². The van der Waals surface area contributed by atoms with Gasteiger partial charge in [-0.05, 0) is 43.6 Å². The average Bonchev–Trinajstić information content (AvgIpc) is 2.55. The predicted molar refractivity (Wildman–Crippen MR) is 92.7 cm³/mol. The Hall–Kier alpha value is -1.01. The number of β-amino-alcohol motifs (C(OH)–C–C–N with tert-alkyl or cyclic N) is 1. The van der Waals surface area contributed by atoms with Crippen LogP contribution in [0.4, 0.5) is 0 Å². The molecule has 0 spiro atoms. The number of ether oxygens (including phenoxy) is 3. The number of halogens is 1. The summed E-state index contributed by atoms with van der Waals surface area (Å²) in [6, 6.07) is 5.70. The van der Waals surface area contributed by atoms with Gasteiger partial charge in [0.25, 0.3) is 0 Å². The number of methoxy groups -OCH3 is 2. The molecule has 1 unspecified atom stereocenters. The highest BCUT2D eigenvalue weighted by molar-refractivity contribution is 5.85. The van der Waals surface area contributed by atoms with Crippen LogP contribution in [0.2, 0.25) is 0 Å². The van der Waals surface area contributed by atoms with Gasteiger partial charge in [0.05, 0.1) is 33.5 Å². The van der Waals surface area contributed by atoms with Crippen molar-refractivity contribution in [2.45, 2.75) is 32.0 Å². The minimum atomic E-state index is -0.432. The molecule has 0 radical (unpaired) electrons. The monoisotopic (exact) mass is 345 g/mol. The first-order valence-electron chi connectivity index (χ1n) is 7.92. The Kier molecular flexibility index (Phi) is 9.33. The average molecular weight is 346 g/mol. The summed E-state index contributed by atoms with van der Waals surface area (Å²) >= 11 is 0. The van der Waals surface area contributed by atoms with E-state index < -0.39 is 6.10 Å². The van der Waals surface area contributed by atoms with Crippen LogP contribution < -0.4 is 9.47 Å². The zero-order valence-electron chi connectivity index (χ0n) is 14.0. The SMILES string of the molecule is COc1ccc(COCC(O)CN2CCCCC2)cc1OC.Cl. The molecule has 132 valence electrons. The van der Waals surface area contributed by atoms with E-state index >= 15 is 0 Å². The molecule has 1 aliphatic heterocycles. The standard InChI is InChI=1S/C17H27NO4.ClH/c1-20-16-7-6-14(10-17(16)21-2)12-22-13-15(19)11-18-8-4-3-5-9-18;/h6-7,10,15,19H,3-5,8-9,11-13H2,1-2H3;1H. The lowest BCUT2D eigenvalue weighted by Crippen LogP contribution is -2.38. The molecule has 1 heterocycles. The number of benzene rings is 1. The number of aliphatic hydroxyl groups excluding tert-OH is 1. The van der Waals surface area contributed by atoms with Gasteiger partial charge in [-0.3, -0.25) is 0 Å². The highest BCUT2D eigenvalue weighted by atomic mass is 35.5. The fourth-order valence-electron chi connectivity index (χ4n) is 2.78. The third kappa shape index (κ3) is 6.55. The van der Waals surface area contributed by atoms with Crippen molar-refractivity contribution in [1.82, 2.24) is 4.90 Å². The highest BCUT2D eigenvalue weighted by Crippen LogP contribution is 2.27. The normalized spacial score (nSPS) is 16.5. The molecule has 0 bridgehead atoms. The first kappa shape index (κ1) is 20.0. The lowest BCUT2D eigenvalue weighted by molar-refractivity contribution is 0.00709. The molecule has 5 nitrogen and oxygen atoms in total. The van der Waals surface area contributed by atoms with Gasteiger partial charge in [0.1, 0.15) is 0 Å². The van der Waals surface area contributed by atoms with E-state index in [1.807, 2.05) is 18.2 Å². The summed E-state index contributed by atoms with van der Waals surface area (Å²) in [7, 11) is 3.23. The molecule has 0 aliphatic carbocycles. The van der Waals surface area contributed by atoms with Crippen LogP contribution in [-0.2, 0) is 11.3 Å². The number of nitrogens with zero attached hydrogens (tertiary/aromatic N) is 1. The van der Waals surface area contributed by atoms with Gasteiger partial charge < -0.3 is 24.2 Å². The van der Waals surface area contributed by atoms with Gasteiger partial charge in [0.15, 0.2) is 11.5 Å². The van der Waals surface area contributed by atoms with E-state index in [1.165, 1.54) is 19.3 Å². The minimum absolute atomic E-state index is 0. The molecule has 6 heteroatoms. The number of hydrogen-bond acceptors (Lipinski definition) is 5. The molecule has 1 N–H and O–H groups in total. The number of rotatable bonds is 8. The Balaban J connectivity index is 0.00000264. The van der Waals surface area contributed by atoms with Crippen LogP contribution in [0.3, 0.4) is 0 Å². The summed E-state index contributed by atoms with van der Waals surface area (Å²) < 4.78 is 16.1.